The van der Waals surface area contributed by atoms with E-state index in [4.69, 9.17) is 11.2 Å². The Bertz CT molecular complexity index is 283. The molecule has 0 aromatic rings. The molecule has 0 aliphatic heterocycles. The van der Waals surface area contributed by atoms with Gasteiger partial charge in [0.2, 0.25) is 5.91 Å². The smallest absolute Gasteiger partial charge is 0.320 e. The van der Waals surface area contributed by atoms with E-state index in [1.54, 1.807) is 25.8 Å². The fourth-order valence-corrected chi connectivity index (χ4v) is 1.03. The predicted molar refractivity (Wildman–Crippen MR) is 60.6 cm³/mol. The molecule has 0 aromatic heterocycles. The van der Waals surface area contributed by atoms with E-state index in [-0.39, 0.29) is 25.0 Å². The lowest BCUT2D eigenvalue weighted by molar-refractivity contribution is -0.145. The maximum Gasteiger partial charge on any atom is 0.320 e. The third-order valence-corrected chi connectivity index (χ3v) is 2.09. The summed E-state index contributed by atoms with van der Waals surface area (Å²) >= 11 is 0. The van der Waals surface area contributed by atoms with Crippen molar-refractivity contribution in [2.75, 3.05) is 26.7 Å². The Morgan fingerprint density at radius 1 is 1.56 bits per heavy atom. The number of amides is 1. The van der Waals surface area contributed by atoms with Gasteiger partial charge in [0.05, 0.1) is 25.7 Å². The van der Waals surface area contributed by atoms with Crippen molar-refractivity contribution in [1.82, 2.24) is 10.2 Å². The van der Waals surface area contributed by atoms with Crippen LogP contribution in [0.2, 0.25) is 0 Å². The Balaban J connectivity index is 4.07. The molecule has 0 radical (unpaired) electrons. The van der Waals surface area contributed by atoms with Gasteiger partial charge in [-0.3, -0.25) is 14.5 Å². The van der Waals surface area contributed by atoms with Crippen molar-refractivity contribution in [3.05, 3.63) is 0 Å². The molecule has 0 heterocycles. The summed E-state index contributed by atoms with van der Waals surface area (Å²) in [5.74, 6) is 1.76. The van der Waals surface area contributed by atoms with Gasteiger partial charge in [-0.1, -0.05) is 5.92 Å². The zero-order valence-electron chi connectivity index (χ0n) is 9.95. The predicted octanol–water partition coefficient (Wildman–Crippen LogP) is -0.381. The first kappa shape index (κ1) is 14.5. The van der Waals surface area contributed by atoms with E-state index in [9.17, 15) is 9.59 Å². The average Bonchev–Trinajstić information content (AvgIpc) is 2.24. The van der Waals surface area contributed by atoms with Crippen LogP contribution >= 0.6 is 0 Å². The molecule has 0 saturated carbocycles. The molecule has 5 heteroatoms. The Labute approximate surface area is 96.1 Å². The number of ether oxygens (including phenoxy) is 1. The minimum Gasteiger partial charge on any atom is -0.465 e. The summed E-state index contributed by atoms with van der Waals surface area (Å²) in [6.07, 6.45) is 5.02. The molecule has 5 nitrogen and oxygen atoms in total. The molecule has 1 amide bonds. The molecule has 0 aromatic carbocycles. The summed E-state index contributed by atoms with van der Waals surface area (Å²) in [6.45, 7) is 4.05. The van der Waals surface area contributed by atoms with E-state index in [1.165, 1.54) is 0 Å². The first-order valence-electron chi connectivity index (χ1n) is 5.10. The van der Waals surface area contributed by atoms with Crippen LogP contribution in [0.25, 0.3) is 0 Å². The van der Waals surface area contributed by atoms with Crippen LogP contribution in [0.5, 0.6) is 0 Å². The fourth-order valence-electron chi connectivity index (χ4n) is 1.03. The molecule has 0 aliphatic rings. The third-order valence-electron chi connectivity index (χ3n) is 2.09. The van der Waals surface area contributed by atoms with Crippen LogP contribution in [0, 0.1) is 12.3 Å². The van der Waals surface area contributed by atoms with E-state index >= 15 is 0 Å². The average molecular weight is 226 g/mol. The summed E-state index contributed by atoms with van der Waals surface area (Å²) in [4.78, 5) is 24.2. The highest BCUT2D eigenvalue weighted by atomic mass is 16.5. The number of esters is 1. The van der Waals surface area contributed by atoms with Crippen LogP contribution in [-0.2, 0) is 14.3 Å². The SMILES string of the molecule is C#CCNC(=O)C(C)N(C)CC(=O)OCC. The van der Waals surface area contributed by atoms with Crippen LogP contribution in [0.15, 0.2) is 0 Å². The van der Waals surface area contributed by atoms with Crippen molar-refractivity contribution in [3.8, 4) is 12.3 Å². The summed E-state index contributed by atoms with van der Waals surface area (Å²) in [5.41, 5.74) is 0. The number of nitrogens with zero attached hydrogens (tertiary/aromatic N) is 1. The van der Waals surface area contributed by atoms with Crippen molar-refractivity contribution < 1.29 is 14.3 Å². The normalized spacial score (nSPS) is 11.7. The second kappa shape index (κ2) is 7.71. The quantitative estimate of drug-likeness (QED) is 0.495. The number of nitrogens with one attached hydrogen (secondary N) is 1. The van der Waals surface area contributed by atoms with Crippen LogP contribution in [0.3, 0.4) is 0 Å². The van der Waals surface area contributed by atoms with Crippen LogP contribution in [0.4, 0.5) is 0 Å². The highest BCUT2D eigenvalue weighted by molar-refractivity contribution is 5.82. The number of hydrogen-bond donors (Lipinski definition) is 1. The van der Waals surface area contributed by atoms with Gasteiger partial charge in [-0.2, -0.15) is 0 Å². The third kappa shape index (κ3) is 5.37. The monoisotopic (exact) mass is 226 g/mol. The molecular weight excluding hydrogens is 208 g/mol. The van der Waals surface area contributed by atoms with Gasteiger partial charge in [0, 0.05) is 0 Å². The van der Waals surface area contributed by atoms with E-state index in [0.717, 1.165) is 0 Å². The lowest BCUT2D eigenvalue weighted by atomic mass is 10.2. The largest absolute Gasteiger partial charge is 0.465 e. The van der Waals surface area contributed by atoms with E-state index in [2.05, 4.69) is 11.2 Å². The molecule has 0 rings (SSSR count). The van der Waals surface area contributed by atoms with Crippen molar-refractivity contribution in [2.45, 2.75) is 19.9 Å². The van der Waals surface area contributed by atoms with Gasteiger partial charge >= 0.3 is 5.97 Å². The van der Waals surface area contributed by atoms with Crippen molar-refractivity contribution in [3.63, 3.8) is 0 Å². The number of carbonyl (C=O) groups excluding carboxylic acids is 2. The van der Waals surface area contributed by atoms with Crippen molar-refractivity contribution in [2.24, 2.45) is 0 Å². The standard InChI is InChI=1S/C11H18N2O3/c1-5-7-12-11(15)9(3)13(4)8-10(14)16-6-2/h1,9H,6-8H2,2-4H3,(H,12,15). The molecular formula is C11H18N2O3. The molecule has 1 atom stereocenters. The van der Waals surface area contributed by atoms with Gasteiger partial charge < -0.3 is 10.1 Å². The number of likely N-dealkylation sites (N-methyl/N-ethyl adjacent to an activating group) is 1. The Morgan fingerprint density at radius 2 is 2.19 bits per heavy atom. The van der Waals surface area contributed by atoms with Crippen LogP contribution in [0.1, 0.15) is 13.8 Å². The van der Waals surface area contributed by atoms with Crippen molar-refractivity contribution >= 4 is 11.9 Å². The zero-order chi connectivity index (χ0) is 12.6. The highest BCUT2D eigenvalue weighted by Crippen LogP contribution is 1.96. The molecule has 1 unspecified atom stereocenters. The number of hydrogen-bond acceptors (Lipinski definition) is 4. The second-order valence-electron chi connectivity index (χ2n) is 3.32. The van der Waals surface area contributed by atoms with Gasteiger partial charge in [0.1, 0.15) is 0 Å². The Morgan fingerprint density at radius 3 is 2.69 bits per heavy atom. The molecule has 1 N–H and O–H groups in total. The first-order valence-corrected chi connectivity index (χ1v) is 5.10. The number of carbonyl (C=O) groups is 2. The fraction of sp³-hybridized carbons (Fsp3) is 0.636. The van der Waals surface area contributed by atoms with Gasteiger partial charge in [-0.05, 0) is 20.9 Å². The highest BCUT2D eigenvalue weighted by Gasteiger charge is 2.19. The van der Waals surface area contributed by atoms with Gasteiger partial charge in [-0.25, -0.2) is 0 Å². The topological polar surface area (TPSA) is 58.6 Å². The van der Waals surface area contributed by atoms with Gasteiger partial charge in [0.15, 0.2) is 0 Å². The van der Waals surface area contributed by atoms with E-state index in [0.29, 0.717) is 6.61 Å². The first-order chi connectivity index (χ1) is 7.52. The molecule has 0 aliphatic carbocycles. The maximum absolute atomic E-state index is 11.5. The molecule has 0 spiro atoms. The number of terminal acetylenes is 1. The maximum atomic E-state index is 11.5. The zero-order valence-corrected chi connectivity index (χ0v) is 9.95. The van der Waals surface area contributed by atoms with E-state index < -0.39 is 6.04 Å². The Kier molecular flexibility index (Phi) is 6.97. The molecule has 16 heavy (non-hydrogen) atoms. The van der Waals surface area contributed by atoms with Crippen LogP contribution < -0.4 is 5.32 Å². The van der Waals surface area contributed by atoms with Crippen molar-refractivity contribution in [1.29, 1.82) is 0 Å². The minimum absolute atomic E-state index is 0.0818. The lowest BCUT2D eigenvalue weighted by Crippen LogP contribution is -2.45. The summed E-state index contributed by atoms with van der Waals surface area (Å²) in [6, 6.07) is -0.419. The van der Waals surface area contributed by atoms with Crippen LogP contribution in [-0.4, -0.2) is 49.6 Å². The summed E-state index contributed by atoms with van der Waals surface area (Å²) < 4.78 is 4.78. The molecule has 90 valence electrons. The van der Waals surface area contributed by atoms with Gasteiger partial charge in [0.25, 0.3) is 0 Å². The van der Waals surface area contributed by atoms with Gasteiger partial charge in [-0.15, -0.1) is 6.42 Å². The second-order valence-corrected chi connectivity index (χ2v) is 3.32. The van der Waals surface area contributed by atoms with E-state index in [1.807, 2.05) is 0 Å². The summed E-state index contributed by atoms with van der Waals surface area (Å²) in [7, 11) is 1.68. The number of rotatable bonds is 6. The minimum atomic E-state index is -0.419. The Hall–Kier alpha value is -1.54. The molecule has 0 bridgehead atoms. The summed E-state index contributed by atoms with van der Waals surface area (Å²) in [5, 5.41) is 2.55. The molecule has 0 fully saturated rings. The lowest BCUT2D eigenvalue weighted by Gasteiger charge is -2.22. The molecule has 0 saturated heterocycles.